The van der Waals surface area contributed by atoms with E-state index < -0.39 is 0 Å². The number of nitrogens with one attached hydrogen (secondary N) is 1. The van der Waals surface area contributed by atoms with Crippen molar-refractivity contribution in [3.63, 3.8) is 0 Å². The molecule has 2 aliphatic rings. The Bertz CT molecular complexity index is 428. The third-order valence-corrected chi connectivity index (χ3v) is 4.34. The van der Waals surface area contributed by atoms with Crippen LogP contribution in [-0.2, 0) is 0 Å². The van der Waals surface area contributed by atoms with Crippen LogP contribution in [-0.4, -0.2) is 13.3 Å². The molecule has 0 radical (unpaired) electrons. The average Bonchev–Trinajstić information content (AvgIpc) is 2.92. The number of rotatable bonds is 1. The largest absolute Gasteiger partial charge is 0.454 e. The van der Waals surface area contributed by atoms with Crippen LogP contribution in [0.4, 0.5) is 0 Å². The van der Waals surface area contributed by atoms with Crippen LogP contribution in [0.25, 0.3) is 0 Å². The second-order valence-electron chi connectivity index (χ2n) is 4.29. The van der Waals surface area contributed by atoms with Gasteiger partial charge in [-0.25, -0.2) is 0 Å². The van der Waals surface area contributed by atoms with Crippen molar-refractivity contribution in [3.8, 4) is 11.5 Å². The lowest BCUT2D eigenvalue weighted by Gasteiger charge is -2.15. The Morgan fingerprint density at radius 1 is 1.44 bits per heavy atom. The zero-order chi connectivity index (χ0) is 11.1. The molecule has 4 heteroatoms. The van der Waals surface area contributed by atoms with Gasteiger partial charge in [-0.05, 0) is 37.9 Å². The normalized spacial score (nSPS) is 22.8. The number of fused-ring (bicyclic) bond motifs is 1. The highest BCUT2D eigenvalue weighted by Gasteiger charge is 2.25. The van der Waals surface area contributed by atoms with E-state index in [1.807, 2.05) is 0 Å². The molecule has 86 valence electrons. The Labute approximate surface area is 103 Å². The maximum absolute atomic E-state index is 5.46. The number of hydrogen-bond donors (Lipinski definition) is 1. The number of ether oxygens (including phenoxy) is 2. The average molecular weight is 284 g/mol. The highest BCUT2D eigenvalue weighted by Crippen LogP contribution is 2.44. The maximum Gasteiger partial charge on any atom is 0.231 e. The topological polar surface area (TPSA) is 30.5 Å². The molecule has 1 aromatic rings. The Balaban J connectivity index is 2.08. The van der Waals surface area contributed by atoms with Crippen molar-refractivity contribution in [3.05, 3.63) is 21.7 Å². The molecule has 0 spiro atoms. The summed E-state index contributed by atoms with van der Waals surface area (Å²) in [7, 11) is 0. The smallest absolute Gasteiger partial charge is 0.231 e. The van der Waals surface area contributed by atoms with Gasteiger partial charge < -0.3 is 14.8 Å². The second kappa shape index (κ2) is 3.93. The lowest BCUT2D eigenvalue weighted by Crippen LogP contribution is -2.13. The molecule has 1 saturated heterocycles. The van der Waals surface area contributed by atoms with Crippen molar-refractivity contribution >= 4 is 15.9 Å². The minimum atomic E-state index is 0.337. The molecule has 3 nitrogen and oxygen atoms in total. The van der Waals surface area contributed by atoms with Gasteiger partial charge in [0, 0.05) is 16.1 Å². The molecule has 1 fully saturated rings. The van der Waals surface area contributed by atoms with Crippen LogP contribution in [0.15, 0.2) is 10.5 Å². The molecule has 16 heavy (non-hydrogen) atoms. The van der Waals surface area contributed by atoms with Crippen molar-refractivity contribution < 1.29 is 9.47 Å². The van der Waals surface area contributed by atoms with E-state index in [1.54, 1.807) is 0 Å². The van der Waals surface area contributed by atoms with Crippen LogP contribution in [0.1, 0.15) is 30.0 Å². The summed E-state index contributed by atoms with van der Waals surface area (Å²) in [4.78, 5) is 0. The highest BCUT2D eigenvalue weighted by atomic mass is 79.9. The molecular weight excluding hydrogens is 270 g/mol. The predicted octanol–water partition coefficient (Wildman–Crippen LogP) is 2.91. The number of hydrogen-bond acceptors (Lipinski definition) is 3. The van der Waals surface area contributed by atoms with Gasteiger partial charge in [0.1, 0.15) is 0 Å². The summed E-state index contributed by atoms with van der Waals surface area (Å²) in [5.41, 5.74) is 2.43. The SMILES string of the molecule is Cc1c(Br)c(C2CCCN2)cc2c1OCO2. The van der Waals surface area contributed by atoms with Crippen LogP contribution in [0, 0.1) is 6.92 Å². The second-order valence-corrected chi connectivity index (χ2v) is 5.08. The van der Waals surface area contributed by atoms with Crippen molar-refractivity contribution in [2.24, 2.45) is 0 Å². The first kappa shape index (κ1) is 10.4. The molecule has 0 aliphatic carbocycles. The molecule has 1 atom stereocenters. The minimum absolute atomic E-state index is 0.337. The van der Waals surface area contributed by atoms with Gasteiger partial charge in [-0.15, -0.1) is 0 Å². The van der Waals surface area contributed by atoms with E-state index in [9.17, 15) is 0 Å². The van der Waals surface area contributed by atoms with E-state index in [0.717, 1.165) is 28.1 Å². The van der Waals surface area contributed by atoms with Crippen molar-refractivity contribution in [2.45, 2.75) is 25.8 Å². The molecule has 1 aromatic carbocycles. The van der Waals surface area contributed by atoms with E-state index in [-0.39, 0.29) is 0 Å². The van der Waals surface area contributed by atoms with Crippen molar-refractivity contribution in [1.29, 1.82) is 0 Å². The lowest BCUT2D eigenvalue weighted by molar-refractivity contribution is 0.173. The van der Waals surface area contributed by atoms with Crippen LogP contribution in [0.5, 0.6) is 11.5 Å². The van der Waals surface area contributed by atoms with Crippen LogP contribution < -0.4 is 14.8 Å². The van der Waals surface area contributed by atoms with Crippen molar-refractivity contribution in [2.75, 3.05) is 13.3 Å². The van der Waals surface area contributed by atoms with E-state index in [4.69, 9.17) is 9.47 Å². The van der Waals surface area contributed by atoms with Gasteiger partial charge in [-0.2, -0.15) is 0 Å². The third-order valence-electron chi connectivity index (χ3n) is 3.29. The summed E-state index contributed by atoms with van der Waals surface area (Å²) in [5.74, 6) is 1.76. The first-order valence-corrected chi connectivity index (χ1v) is 6.38. The summed E-state index contributed by atoms with van der Waals surface area (Å²) in [5, 5.41) is 3.51. The van der Waals surface area contributed by atoms with Crippen molar-refractivity contribution in [1.82, 2.24) is 5.32 Å². The summed E-state index contributed by atoms with van der Waals surface area (Å²) in [6.07, 6.45) is 2.43. The molecule has 0 aromatic heterocycles. The standard InChI is InChI=1S/C12H14BrNO2/c1-7-11(13)8(9-3-2-4-14-9)5-10-12(7)16-6-15-10/h5,9,14H,2-4,6H2,1H3. The molecule has 2 aliphatic heterocycles. The first-order chi connectivity index (χ1) is 7.77. The lowest BCUT2D eigenvalue weighted by atomic mass is 10.0. The number of halogens is 1. The molecular formula is C12H14BrNO2. The molecule has 0 amide bonds. The van der Waals surface area contributed by atoms with Crippen LogP contribution in [0.2, 0.25) is 0 Å². The molecule has 3 rings (SSSR count). The zero-order valence-electron chi connectivity index (χ0n) is 9.18. The summed E-state index contributed by atoms with van der Waals surface area (Å²) in [6.45, 7) is 3.50. The molecule has 1 unspecified atom stereocenters. The fourth-order valence-electron chi connectivity index (χ4n) is 2.41. The Morgan fingerprint density at radius 3 is 3.06 bits per heavy atom. The zero-order valence-corrected chi connectivity index (χ0v) is 10.8. The highest BCUT2D eigenvalue weighted by molar-refractivity contribution is 9.10. The van der Waals surface area contributed by atoms with E-state index in [2.05, 4.69) is 34.2 Å². The van der Waals surface area contributed by atoms with Gasteiger partial charge in [0.2, 0.25) is 6.79 Å². The predicted molar refractivity (Wildman–Crippen MR) is 65.0 cm³/mol. The molecule has 1 N–H and O–H groups in total. The first-order valence-electron chi connectivity index (χ1n) is 5.59. The van der Waals surface area contributed by atoms with E-state index in [1.165, 1.54) is 18.4 Å². The Kier molecular flexibility index (Phi) is 2.56. The maximum atomic E-state index is 5.46. The molecule has 2 heterocycles. The van der Waals surface area contributed by atoms with Crippen LogP contribution in [0.3, 0.4) is 0 Å². The van der Waals surface area contributed by atoms with Gasteiger partial charge in [0.05, 0.1) is 0 Å². The summed E-state index contributed by atoms with van der Waals surface area (Å²) >= 11 is 3.67. The molecule has 0 bridgehead atoms. The Morgan fingerprint density at radius 2 is 2.31 bits per heavy atom. The quantitative estimate of drug-likeness (QED) is 0.860. The Hall–Kier alpha value is -0.740. The van der Waals surface area contributed by atoms with Crippen LogP contribution >= 0.6 is 15.9 Å². The van der Waals surface area contributed by atoms with E-state index >= 15 is 0 Å². The van der Waals surface area contributed by atoms with Gasteiger partial charge in [0.25, 0.3) is 0 Å². The minimum Gasteiger partial charge on any atom is -0.454 e. The van der Waals surface area contributed by atoms with Gasteiger partial charge >= 0.3 is 0 Å². The number of benzene rings is 1. The van der Waals surface area contributed by atoms with Gasteiger partial charge in [-0.1, -0.05) is 15.9 Å². The van der Waals surface area contributed by atoms with E-state index in [0.29, 0.717) is 12.8 Å². The summed E-state index contributed by atoms with van der Waals surface area (Å²) in [6, 6.07) is 2.55. The van der Waals surface area contributed by atoms with Gasteiger partial charge in [-0.3, -0.25) is 0 Å². The molecule has 0 saturated carbocycles. The third kappa shape index (κ3) is 1.52. The fraction of sp³-hybridized carbons (Fsp3) is 0.500. The summed E-state index contributed by atoms with van der Waals surface area (Å²) < 4.78 is 12.1. The van der Waals surface area contributed by atoms with Gasteiger partial charge in [0.15, 0.2) is 11.5 Å². The fourth-order valence-corrected chi connectivity index (χ4v) is 2.98. The monoisotopic (exact) mass is 283 g/mol.